The van der Waals surface area contributed by atoms with Crippen molar-refractivity contribution in [2.24, 2.45) is 5.73 Å². The quantitative estimate of drug-likeness (QED) is 0.888. The lowest BCUT2D eigenvalue weighted by molar-refractivity contribution is 0.905. The lowest BCUT2D eigenvalue weighted by atomic mass is 10.2. The molecule has 0 aliphatic carbocycles. The number of halogens is 1. The largest absolute Gasteiger partial charge is 0.330 e. The molecule has 0 bridgehead atoms. The smallest absolute Gasteiger partial charge is 0.251 e. The van der Waals surface area contributed by atoms with Crippen molar-refractivity contribution in [2.75, 3.05) is 6.54 Å². The second kappa shape index (κ2) is 5.20. The van der Waals surface area contributed by atoms with Gasteiger partial charge in [0.25, 0.3) is 5.56 Å². The number of hydrogen-bond donors (Lipinski definition) is 2. The number of rotatable bonds is 3. The van der Waals surface area contributed by atoms with Crippen LogP contribution < -0.4 is 11.3 Å². The zero-order valence-corrected chi connectivity index (χ0v) is 10.6. The molecule has 2 aromatic rings. The molecular formula is C11H11BrN4O. The Morgan fingerprint density at radius 2 is 2.18 bits per heavy atom. The minimum atomic E-state index is -0.182. The lowest BCUT2D eigenvalue weighted by Crippen LogP contribution is -2.13. The van der Waals surface area contributed by atoms with Crippen molar-refractivity contribution in [1.29, 1.82) is 0 Å². The van der Waals surface area contributed by atoms with Crippen LogP contribution in [0.2, 0.25) is 0 Å². The summed E-state index contributed by atoms with van der Waals surface area (Å²) in [4.78, 5) is 22.5. The first kappa shape index (κ1) is 11.9. The van der Waals surface area contributed by atoms with E-state index in [0.717, 1.165) is 10.0 Å². The Morgan fingerprint density at radius 3 is 2.88 bits per heavy atom. The minimum absolute atomic E-state index is 0.182. The highest BCUT2D eigenvalue weighted by atomic mass is 79.9. The predicted octanol–water partition coefficient (Wildman–Crippen LogP) is 1.10. The Labute approximate surface area is 106 Å². The molecule has 0 atom stereocenters. The minimum Gasteiger partial charge on any atom is -0.330 e. The normalized spacial score (nSPS) is 10.5. The molecule has 0 saturated carbocycles. The number of aromatic amines is 1. The number of nitrogens with one attached hydrogen (secondary N) is 1. The molecule has 0 aliphatic rings. The second-order valence-electron chi connectivity index (χ2n) is 3.52. The van der Waals surface area contributed by atoms with Crippen LogP contribution in [0, 0.1) is 0 Å². The number of hydrogen-bond acceptors (Lipinski definition) is 4. The van der Waals surface area contributed by atoms with E-state index in [1.165, 1.54) is 6.07 Å². The van der Waals surface area contributed by atoms with Crippen molar-refractivity contribution in [1.82, 2.24) is 15.0 Å². The highest BCUT2D eigenvalue weighted by molar-refractivity contribution is 9.10. The molecule has 2 heterocycles. The molecule has 3 N–H and O–H groups in total. The van der Waals surface area contributed by atoms with Crippen molar-refractivity contribution >= 4 is 15.9 Å². The molecule has 88 valence electrons. The third-order valence-corrected chi connectivity index (χ3v) is 2.61. The summed E-state index contributed by atoms with van der Waals surface area (Å²) < 4.78 is 0.835. The maximum atomic E-state index is 11.5. The van der Waals surface area contributed by atoms with Gasteiger partial charge >= 0.3 is 0 Å². The average Bonchev–Trinajstić information content (AvgIpc) is 2.28. The first-order valence-corrected chi connectivity index (χ1v) is 5.89. The molecule has 2 aromatic heterocycles. The van der Waals surface area contributed by atoms with Crippen LogP contribution in [0.4, 0.5) is 0 Å². The van der Waals surface area contributed by atoms with Gasteiger partial charge in [-0.25, -0.2) is 4.98 Å². The van der Waals surface area contributed by atoms with Crippen molar-refractivity contribution in [2.45, 2.75) is 6.42 Å². The SMILES string of the molecule is NCCc1cc(=O)[nH]c(-c2cncc(Br)c2)n1. The van der Waals surface area contributed by atoms with Crippen LogP contribution in [0.1, 0.15) is 5.69 Å². The summed E-state index contributed by atoms with van der Waals surface area (Å²) in [5.74, 6) is 0.509. The maximum absolute atomic E-state index is 11.5. The van der Waals surface area contributed by atoms with Gasteiger partial charge in [-0.05, 0) is 28.5 Å². The summed E-state index contributed by atoms with van der Waals surface area (Å²) in [5, 5.41) is 0. The van der Waals surface area contributed by atoms with Crippen molar-refractivity contribution in [3.63, 3.8) is 0 Å². The molecule has 0 radical (unpaired) electrons. The standard InChI is InChI=1S/C11H11BrN4O/c12-8-3-7(5-14-6-8)11-15-9(1-2-13)4-10(17)16-11/h3-6H,1-2,13H2,(H,15,16,17). The van der Waals surface area contributed by atoms with Gasteiger partial charge in [0.2, 0.25) is 0 Å². The summed E-state index contributed by atoms with van der Waals surface area (Å²) in [5.41, 5.74) is 6.72. The monoisotopic (exact) mass is 294 g/mol. The fourth-order valence-corrected chi connectivity index (χ4v) is 1.83. The van der Waals surface area contributed by atoms with Crippen LogP contribution in [0.25, 0.3) is 11.4 Å². The predicted molar refractivity (Wildman–Crippen MR) is 68.5 cm³/mol. The summed E-state index contributed by atoms with van der Waals surface area (Å²) in [7, 11) is 0. The second-order valence-corrected chi connectivity index (χ2v) is 4.43. The number of H-pyrrole nitrogens is 1. The van der Waals surface area contributed by atoms with E-state index in [1.54, 1.807) is 12.4 Å². The molecule has 5 nitrogen and oxygen atoms in total. The first-order valence-electron chi connectivity index (χ1n) is 5.10. The molecule has 2 rings (SSSR count). The molecular weight excluding hydrogens is 284 g/mol. The van der Waals surface area contributed by atoms with Gasteiger partial charge in [0.1, 0.15) is 5.82 Å². The van der Waals surface area contributed by atoms with Gasteiger partial charge in [-0.15, -0.1) is 0 Å². The molecule has 0 aliphatic heterocycles. The third kappa shape index (κ3) is 2.98. The van der Waals surface area contributed by atoms with Crippen LogP contribution in [0.3, 0.4) is 0 Å². The topological polar surface area (TPSA) is 84.7 Å². The Hall–Kier alpha value is -1.53. The maximum Gasteiger partial charge on any atom is 0.251 e. The van der Waals surface area contributed by atoms with E-state index in [9.17, 15) is 4.79 Å². The van der Waals surface area contributed by atoms with Gasteiger partial charge in [-0.3, -0.25) is 9.78 Å². The van der Waals surface area contributed by atoms with Gasteiger partial charge in [0.15, 0.2) is 0 Å². The van der Waals surface area contributed by atoms with E-state index in [2.05, 4.69) is 30.9 Å². The van der Waals surface area contributed by atoms with Gasteiger partial charge < -0.3 is 10.7 Å². The van der Waals surface area contributed by atoms with E-state index in [-0.39, 0.29) is 5.56 Å². The summed E-state index contributed by atoms with van der Waals surface area (Å²) in [6, 6.07) is 3.30. The number of nitrogens with zero attached hydrogens (tertiary/aromatic N) is 2. The summed E-state index contributed by atoms with van der Waals surface area (Å²) in [6.45, 7) is 0.465. The van der Waals surface area contributed by atoms with Gasteiger partial charge in [-0.2, -0.15) is 0 Å². The van der Waals surface area contributed by atoms with E-state index < -0.39 is 0 Å². The Kier molecular flexibility index (Phi) is 3.65. The fraction of sp³-hybridized carbons (Fsp3) is 0.182. The molecule has 0 spiro atoms. The highest BCUT2D eigenvalue weighted by Gasteiger charge is 2.04. The van der Waals surface area contributed by atoms with E-state index in [4.69, 9.17) is 5.73 Å². The third-order valence-electron chi connectivity index (χ3n) is 2.17. The van der Waals surface area contributed by atoms with Crippen molar-refractivity contribution < 1.29 is 0 Å². The molecule has 0 amide bonds. The number of nitrogens with two attached hydrogens (primary N) is 1. The van der Waals surface area contributed by atoms with Crippen molar-refractivity contribution in [3.8, 4) is 11.4 Å². The highest BCUT2D eigenvalue weighted by Crippen LogP contribution is 2.17. The van der Waals surface area contributed by atoms with Crippen LogP contribution in [0.15, 0.2) is 33.8 Å². The molecule has 0 fully saturated rings. The average molecular weight is 295 g/mol. The van der Waals surface area contributed by atoms with Crippen molar-refractivity contribution in [3.05, 3.63) is 45.0 Å². The van der Waals surface area contributed by atoms with Gasteiger partial charge in [-0.1, -0.05) is 0 Å². The zero-order valence-electron chi connectivity index (χ0n) is 8.98. The molecule has 6 heteroatoms. The van der Waals surface area contributed by atoms with E-state index in [0.29, 0.717) is 24.5 Å². The molecule has 17 heavy (non-hydrogen) atoms. The lowest BCUT2D eigenvalue weighted by Gasteiger charge is -2.03. The molecule has 0 saturated heterocycles. The van der Waals surface area contributed by atoms with E-state index in [1.807, 2.05) is 6.07 Å². The van der Waals surface area contributed by atoms with Gasteiger partial charge in [0.05, 0.1) is 0 Å². The number of aromatic nitrogens is 3. The summed E-state index contributed by atoms with van der Waals surface area (Å²) in [6.07, 6.45) is 3.90. The first-order chi connectivity index (χ1) is 8.19. The fourth-order valence-electron chi connectivity index (χ4n) is 1.46. The van der Waals surface area contributed by atoms with Gasteiger partial charge in [0, 0.05) is 40.6 Å². The van der Waals surface area contributed by atoms with Crippen LogP contribution in [0.5, 0.6) is 0 Å². The van der Waals surface area contributed by atoms with Crippen LogP contribution >= 0.6 is 15.9 Å². The molecule has 0 unspecified atom stereocenters. The Balaban J connectivity index is 2.48. The summed E-state index contributed by atoms with van der Waals surface area (Å²) >= 11 is 3.32. The van der Waals surface area contributed by atoms with Crippen LogP contribution in [-0.4, -0.2) is 21.5 Å². The Morgan fingerprint density at radius 1 is 1.35 bits per heavy atom. The van der Waals surface area contributed by atoms with Crippen LogP contribution in [-0.2, 0) is 6.42 Å². The number of pyridine rings is 1. The zero-order chi connectivity index (χ0) is 12.3. The Bertz CT molecular complexity index is 582. The van der Waals surface area contributed by atoms with E-state index >= 15 is 0 Å². The molecule has 0 aromatic carbocycles.